The summed E-state index contributed by atoms with van der Waals surface area (Å²) in [6, 6.07) is 15.4. The first-order valence-electron chi connectivity index (χ1n) is 9.84. The van der Waals surface area contributed by atoms with Crippen molar-refractivity contribution < 1.29 is 22.8 Å². The molecule has 164 valence electrons. The predicted molar refractivity (Wildman–Crippen MR) is 116 cm³/mol. The molecule has 1 N–H and O–H groups in total. The van der Waals surface area contributed by atoms with Crippen LogP contribution in [0.15, 0.2) is 76.8 Å². The highest BCUT2D eigenvalue weighted by atomic mass is 32.2. The molecule has 0 atom stereocenters. The molecule has 0 radical (unpaired) electrons. The number of amides is 2. The van der Waals surface area contributed by atoms with E-state index in [2.05, 4.69) is 10.3 Å². The zero-order valence-electron chi connectivity index (χ0n) is 16.7. The van der Waals surface area contributed by atoms with Crippen molar-refractivity contribution in [3.8, 4) is 0 Å². The minimum atomic E-state index is -4.48. The molecule has 0 saturated heterocycles. The molecule has 2 amide bonds. The lowest BCUT2D eigenvalue weighted by molar-refractivity contribution is -0.137. The van der Waals surface area contributed by atoms with E-state index < -0.39 is 17.6 Å². The first-order valence-corrected chi connectivity index (χ1v) is 10.7. The van der Waals surface area contributed by atoms with Crippen molar-refractivity contribution in [1.82, 2.24) is 4.98 Å². The molecule has 0 unspecified atom stereocenters. The van der Waals surface area contributed by atoms with Gasteiger partial charge in [-0.1, -0.05) is 30.0 Å². The number of fused-ring (bicyclic) bond motifs is 2. The smallest absolute Gasteiger partial charge is 0.326 e. The third-order valence-electron chi connectivity index (χ3n) is 4.87. The maximum absolute atomic E-state index is 13.2. The first kappa shape index (κ1) is 21.9. The Morgan fingerprint density at radius 3 is 2.69 bits per heavy atom. The summed E-state index contributed by atoms with van der Waals surface area (Å²) in [5.74, 6) is -0.625. The van der Waals surface area contributed by atoms with Gasteiger partial charge in [0.05, 0.1) is 16.8 Å². The molecule has 1 aliphatic rings. The Balaban J connectivity index is 1.44. The van der Waals surface area contributed by atoms with Gasteiger partial charge < -0.3 is 10.2 Å². The third kappa shape index (κ3) is 4.77. The van der Waals surface area contributed by atoms with Crippen LogP contribution in [0.3, 0.4) is 0 Å². The molecule has 2 aromatic carbocycles. The Hall–Kier alpha value is -3.33. The number of hydrogen-bond donors (Lipinski definition) is 1. The Bertz CT molecular complexity index is 1170. The quantitative estimate of drug-likeness (QED) is 0.539. The normalized spacial score (nSPS) is 13.2. The number of rotatable bonds is 5. The van der Waals surface area contributed by atoms with Gasteiger partial charge in [-0.15, -0.1) is 0 Å². The Morgan fingerprint density at radius 2 is 1.88 bits per heavy atom. The summed E-state index contributed by atoms with van der Waals surface area (Å²) in [4.78, 5) is 32.3. The number of para-hydroxylation sites is 1. The van der Waals surface area contributed by atoms with Crippen molar-refractivity contribution >= 4 is 35.0 Å². The average Bonchev–Trinajstić information content (AvgIpc) is 2.88. The van der Waals surface area contributed by atoms with E-state index in [0.717, 1.165) is 22.7 Å². The molecule has 2 heterocycles. The van der Waals surface area contributed by atoms with Crippen molar-refractivity contribution in [3.63, 3.8) is 0 Å². The SMILES string of the molecule is O=C(CCCN1C(=O)c2cccnc2Sc2ccccc21)Nc1cccc(C(F)(F)F)c1. The molecule has 4 rings (SSSR count). The van der Waals surface area contributed by atoms with E-state index in [1.807, 2.05) is 24.3 Å². The third-order valence-corrected chi connectivity index (χ3v) is 5.95. The predicted octanol–water partition coefficient (Wildman–Crippen LogP) is 5.63. The number of nitrogens with zero attached hydrogens (tertiary/aromatic N) is 2. The number of aromatic nitrogens is 1. The summed E-state index contributed by atoms with van der Waals surface area (Å²) >= 11 is 1.41. The highest BCUT2D eigenvalue weighted by Crippen LogP contribution is 2.40. The van der Waals surface area contributed by atoms with Crippen molar-refractivity contribution in [2.75, 3.05) is 16.8 Å². The highest BCUT2D eigenvalue weighted by molar-refractivity contribution is 7.99. The van der Waals surface area contributed by atoms with Crippen LogP contribution in [0.4, 0.5) is 24.5 Å². The molecule has 5 nitrogen and oxygen atoms in total. The molecule has 0 bridgehead atoms. The van der Waals surface area contributed by atoms with E-state index in [-0.39, 0.29) is 24.6 Å². The van der Waals surface area contributed by atoms with Crippen LogP contribution in [-0.4, -0.2) is 23.3 Å². The van der Waals surface area contributed by atoms with Crippen LogP contribution in [0.1, 0.15) is 28.8 Å². The number of alkyl halides is 3. The summed E-state index contributed by atoms with van der Waals surface area (Å²) in [5.41, 5.74) is 0.477. The number of benzene rings is 2. The van der Waals surface area contributed by atoms with Crippen LogP contribution in [-0.2, 0) is 11.0 Å². The fourth-order valence-corrected chi connectivity index (χ4v) is 4.39. The number of halogens is 3. The fraction of sp³-hybridized carbons (Fsp3) is 0.174. The maximum Gasteiger partial charge on any atom is 0.416 e. The summed E-state index contributed by atoms with van der Waals surface area (Å²) in [6.07, 6.45) is -2.46. The lowest BCUT2D eigenvalue weighted by Gasteiger charge is -2.22. The number of pyridine rings is 1. The van der Waals surface area contributed by atoms with Crippen molar-refractivity contribution in [2.24, 2.45) is 0 Å². The van der Waals surface area contributed by atoms with Crippen LogP contribution in [0.5, 0.6) is 0 Å². The van der Waals surface area contributed by atoms with Gasteiger partial charge in [-0.05, 0) is 48.9 Å². The zero-order chi connectivity index (χ0) is 22.7. The minimum absolute atomic E-state index is 0.0508. The van der Waals surface area contributed by atoms with Crippen molar-refractivity contribution in [3.05, 3.63) is 78.0 Å². The Labute approximate surface area is 186 Å². The minimum Gasteiger partial charge on any atom is -0.326 e. The lowest BCUT2D eigenvalue weighted by Crippen LogP contribution is -2.32. The van der Waals surface area contributed by atoms with E-state index in [4.69, 9.17) is 0 Å². The van der Waals surface area contributed by atoms with Crippen molar-refractivity contribution in [1.29, 1.82) is 0 Å². The monoisotopic (exact) mass is 457 g/mol. The van der Waals surface area contributed by atoms with Gasteiger partial charge in [0.1, 0.15) is 5.03 Å². The summed E-state index contributed by atoms with van der Waals surface area (Å²) in [6.45, 7) is 0.279. The molecule has 0 aliphatic carbocycles. The molecule has 1 aliphatic heterocycles. The van der Waals surface area contributed by atoms with Gasteiger partial charge in [-0.3, -0.25) is 9.59 Å². The number of carbonyl (C=O) groups excluding carboxylic acids is 2. The number of hydrogen-bond acceptors (Lipinski definition) is 4. The van der Waals surface area contributed by atoms with E-state index in [9.17, 15) is 22.8 Å². The first-order chi connectivity index (χ1) is 15.3. The van der Waals surface area contributed by atoms with E-state index in [0.29, 0.717) is 17.0 Å². The van der Waals surface area contributed by atoms with Gasteiger partial charge in [0.2, 0.25) is 5.91 Å². The van der Waals surface area contributed by atoms with Crippen LogP contribution in [0.25, 0.3) is 0 Å². The van der Waals surface area contributed by atoms with Crippen LogP contribution in [0, 0.1) is 0 Å². The molecule has 32 heavy (non-hydrogen) atoms. The van der Waals surface area contributed by atoms with E-state index in [1.54, 1.807) is 23.2 Å². The molecule has 0 saturated carbocycles. The van der Waals surface area contributed by atoms with Crippen LogP contribution >= 0.6 is 11.8 Å². The van der Waals surface area contributed by atoms with Gasteiger partial charge in [0.15, 0.2) is 0 Å². The second-order valence-corrected chi connectivity index (χ2v) is 8.14. The van der Waals surface area contributed by atoms with Gasteiger partial charge >= 0.3 is 6.18 Å². The Kier molecular flexibility index (Phi) is 6.18. The number of nitrogens with one attached hydrogen (secondary N) is 1. The second kappa shape index (κ2) is 9.04. The Morgan fingerprint density at radius 1 is 1.06 bits per heavy atom. The van der Waals surface area contributed by atoms with Crippen LogP contribution < -0.4 is 10.2 Å². The standard InChI is InChI=1S/C23H18F3N3O2S/c24-23(25,26)15-6-3-7-16(14-15)28-20(30)11-5-13-29-18-9-1-2-10-19(18)32-21-17(22(29)31)8-4-12-27-21/h1-4,6-10,12,14H,5,11,13H2,(H,28,30). The summed E-state index contributed by atoms with van der Waals surface area (Å²) < 4.78 is 38.6. The van der Waals surface area contributed by atoms with Gasteiger partial charge in [-0.25, -0.2) is 4.98 Å². The highest BCUT2D eigenvalue weighted by Gasteiger charge is 2.30. The zero-order valence-corrected chi connectivity index (χ0v) is 17.5. The second-order valence-electron chi connectivity index (χ2n) is 7.11. The van der Waals surface area contributed by atoms with Gasteiger partial charge in [0, 0.05) is 29.7 Å². The summed E-state index contributed by atoms with van der Waals surface area (Å²) in [7, 11) is 0. The molecule has 0 fully saturated rings. The maximum atomic E-state index is 13.2. The largest absolute Gasteiger partial charge is 0.416 e. The lowest BCUT2D eigenvalue weighted by atomic mass is 10.1. The average molecular weight is 457 g/mol. The molecular weight excluding hydrogens is 439 g/mol. The van der Waals surface area contributed by atoms with Crippen molar-refractivity contribution in [2.45, 2.75) is 28.9 Å². The molecule has 9 heteroatoms. The topological polar surface area (TPSA) is 62.3 Å². The van der Waals surface area contributed by atoms with E-state index in [1.165, 1.54) is 23.9 Å². The molecule has 0 spiro atoms. The summed E-state index contributed by atoms with van der Waals surface area (Å²) in [5, 5.41) is 3.11. The van der Waals surface area contributed by atoms with Gasteiger partial charge in [0.25, 0.3) is 5.91 Å². The fourth-order valence-electron chi connectivity index (χ4n) is 3.38. The van der Waals surface area contributed by atoms with E-state index >= 15 is 0 Å². The molecule has 1 aromatic heterocycles. The van der Waals surface area contributed by atoms with Crippen LogP contribution in [0.2, 0.25) is 0 Å². The number of carbonyl (C=O) groups is 2. The number of anilines is 2. The molecular formula is C23H18F3N3O2S. The van der Waals surface area contributed by atoms with Gasteiger partial charge in [-0.2, -0.15) is 13.2 Å². The molecule has 3 aromatic rings.